The minimum atomic E-state index is -1.30. The van der Waals surface area contributed by atoms with Gasteiger partial charge in [0.25, 0.3) is 11.8 Å². The molecule has 4 aromatic carbocycles. The fraction of sp³-hybridized carbons (Fsp3) is 0.261. The first-order chi connectivity index (χ1) is 30.5. The van der Waals surface area contributed by atoms with E-state index in [0.29, 0.717) is 35.2 Å². The molecule has 332 valence electrons. The summed E-state index contributed by atoms with van der Waals surface area (Å²) in [6.07, 6.45) is 0.204. The number of carboxylic acid groups (broad SMARTS) is 1. The molecule has 3 aliphatic rings. The SMILES string of the molecule is COc1ccc(COC(=O)C2=C([C@@H]3CC[N+](C)(C)O3)CSC3C(NC(=O)/C(=N\OCC(=O)O)c4csc(NC(c5ccccc5)(c5ccccc5)c5ccccc5)n4)C(=O)N23)cc1.[I-]. The first-order valence-corrected chi connectivity index (χ1v) is 22.0. The number of nitrogens with one attached hydrogen (secondary N) is 2. The number of fused-ring (bicyclic) bond motifs is 1. The third-order valence-electron chi connectivity index (χ3n) is 11.0. The fourth-order valence-corrected chi connectivity index (χ4v) is 10.0. The number of hydrogen-bond acceptors (Lipinski definition) is 13. The minimum absolute atomic E-state index is 0. The van der Waals surface area contributed by atoms with Crippen LogP contribution in [0.2, 0.25) is 0 Å². The second-order valence-electron chi connectivity index (χ2n) is 15.5. The van der Waals surface area contributed by atoms with Crippen LogP contribution in [0.4, 0.5) is 5.13 Å². The summed E-state index contributed by atoms with van der Waals surface area (Å²) in [4.78, 5) is 71.3. The number of nitrogens with zero attached hydrogens (tertiary/aromatic N) is 4. The second-order valence-corrected chi connectivity index (χ2v) is 17.4. The van der Waals surface area contributed by atoms with Gasteiger partial charge in [-0.05, 0) is 34.4 Å². The van der Waals surface area contributed by atoms with Crippen LogP contribution < -0.4 is 39.3 Å². The molecule has 0 radical (unpaired) electrons. The van der Waals surface area contributed by atoms with Gasteiger partial charge in [-0.3, -0.25) is 14.5 Å². The first-order valence-electron chi connectivity index (χ1n) is 20.1. The molecule has 5 aromatic rings. The molecular formula is C46H45IN6O9S2. The van der Waals surface area contributed by atoms with Crippen molar-refractivity contribution in [2.75, 3.05) is 45.4 Å². The summed E-state index contributed by atoms with van der Waals surface area (Å²) >= 11 is 2.60. The number of β-lactam (4-membered cyclic amide) rings is 1. The number of thiazole rings is 1. The molecule has 2 amide bonds. The summed E-state index contributed by atoms with van der Waals surface area (Å²) in [6, 6.07) is 35.7. The van der Waals surface area contributed by atoms with Gasteiger partial charge in [0, 0.05) is 23.1 Å². The lowest BCUT2D eigenvalue weighted by Crippen LogP contribution is -3.00. The molecule has 3 atom stereocenters. The Balaban J connectivity index is 0.00000612. The summed E-state index contributed by atoms with van der Waals surface area (Å²) in [6.45, 7) is -0.167. The normalized spacial score (nSPS) is 19.1. The molecule has 2 saturated heterocycles. The lowest BCUT2D eigenvalue weighted by molar-refractivity contribution is -1.06. The number of carbonyl (C=O) groups is 4. The average Bonchev–Trinajstić information content (AvgIpc) is 3.93. The van der Waals surface area contributed by atoms with Crippen LogP contribution in [0.15, 0.2) is 137 Å². The number of ether oxygens (including phenoxy) is 2. The quantitative estimate of drug-likeness (QED) is 0.0251. The van der Waals surface area contributed by atoms with Crippen LogP contribution >= 0.6 is 23.1 Å². The van der Waals surface area contributed by atoms with Gasteiger partial charge < -0.3 is 54.0 Å². The Morgan fingerprint density at radius 1 is 0.938 bits per heavy atom. The topological polar surface area (TPSA) is 178 Å². The van der Waals surface area contributed by atoms with E-state index in [1.54, 1.807) is 36.8 Å². The third-order valence-corrected chi connectivity index (χ3v) is 13.0. The molecular weight excluding hydrogens is 972 g/mol. The van der Waals surface area contributed by atoms with Gasteiger partial charge in [0.15, 0.2) is 10.8 Å². The molecule has 0 bridgehead atoms. The van der Waals surface area contributed by atoms with Gasteiger partial charge in [0.1, 0.15) is 53.4 Å². The van der Waals surface area contributed by atoms with Crippen molar-refractivity contribution in [3.63, 3.8) is 0 Å². The van der Waals surface area contributed by atoms with Gasteiger partial charge in [-0.1, -0.05) is 108 Å². The molecule has 3 aliphatic heterocycles. The number of carbonyl (C=O) groups excluding carboxylic acids is 3. The van der Waals surface area contributed by atoms with Crippen LogP contribution in [-0.2, 0) is 45.7 Å². The highest BCUT2D eigenvalue weighted by atomic mass is 127. The van der Waals surface area contributed by atoms with Crippen molar-refractivity contribution in [3.05, 3.63) is 160 Å². The zero-order valence-electron chi connectivity index (χ0n) is 35.0. The van der Waals surface area contributed by atoms with Gasteiger partial charge in [-0.25, -0.2) is 14.6 Å². The minimum Gasteiger partial charge on any atom is -1.00 e. The number of aromatic nitrogens is 1. The Morgan fingerprint density at radius 3 is 2.09 bits per heavy atom. The Kier molecular flexibility index (Phi) is 14.4. The molecule has 0 spiro atoms. The zero-order valence-corrected chi connectivity index (χ0v) is 38.8. The number of esters is 1. The Morgan fingerprint density at radius 2 is 1.55 bits per heavy atom. The summed E-state index contributed by atoms with van der Waals surface area (Å²) in [5.41, 5.74) is 3.06. The van der Waals surface area contributed by atoms with E-state index in [4.69, 9.17) is 24.1 Å². The number of thioether (sulfide) groups is 1. The molecule has 0 aliphatic carbocycles. The van der Waals surface area contributed by atoms with Crippen molar-refractivity contribution in [1.29, 1.82) is 0 Å². The first kappa shape index (κ1) is 46.2. The summed E-state index contributed by atoms with van der Waals surface area (Å²) < 4.78 is 11.3. The monoisotopic (exact) mass is 1020 g/mol. The number of methoxy groups -OCH3 is 1. The van der Waals surface area contributed by atoms with Gasteiger partial charge >= 0.3 is 11.9 Å². The molecule has 2 unspecified atom stereocenters. The molecule has 3 N–H and O–H groups in total. The maximum Gasteiger partial charge on any atom is 0.355 e. The molecule has 64 heavy (non-hydrogen) atoms. The number of amides is 2. The molecule has 0 saturated carbocycles. The maximum absolute atomic E-state index is 14.2. The number of rotatable bonds is 16. The van der Waals surface area contributed by atoms with Crippen molar-refractivity contribution in [1.82, 2.24) is 15.2 Å². The summed E-state index contributed by atoms with van der Waals surface area (Å²) in [5.74, 6) is -2.35. The maximum atomic E-state index is 14.2. The van der Waals surface area contributed by atoms with E-state index in [1.165, 1.54) is 28.0 Å². The number of quaternary nitrogens is 1. The number of hydroxylamine groups is 3. The van der Waals surface area contributed by atoms with Crippen LogP contribution in [0.5, 0.6) is 5.75 Å². The number of aliphatic carboxylic acids is 1. The van der Waals surface area contributed by atoms with E-state index < -0.39 is 53.4 Å². The highest BCUT2D eigenvalue weighted by Gasteiger charge is 2.56. The Bertz CT molecular complexity index is 2450. The number of oxime groups is 1. The van der Waals surface area contributed by atoms with Crippen LogP contribution in [0.3, 0.4) is 0 Å². The van der Waals surface area contributed by atoms with Crippen molar-refractivity contribution in [3.8, 4) is 5.75 Å². The summed E-state index contributed by atoms with van der Waals surface area (Å²) in [7, 11) is 5.41. The van der Waals surface area contributed by atoms with E-state index in [9.17, 15) is 24.3 Å². The van der Waals surface area contributed by atoms with Gasteiger partial charge in [0.05, 0.1) is 21.2 Å². The third kappa shape index (κ3) is 9.65. The van der Waals surface area contributed by atoms with Crippen LogP contribution in [0.1, 0.15) is 34.4 Å². The van der Waals surface area contributed by atoms with E-state index in [-0.39, 0.29) is 52.3 Å². The molecule has 18 heteroatoms. The van der Waals surface area contributed by atoms with Crippen molar-refractivity contribution in [2.45, 2.75) is 36.1 Å². The number of benzene rings is 4. The average molecular weight is 1020 g/mol. The van der Waals surface area contributed by atoms with E-state index in [0.717, 1.165) is 22.3 Å². The predicted octanol–water partition coefficient (Wildman–Crippen LogP) is 2.54. The van der Waals surface area contributed by atoms with Crippen molar-refractivity contribution >= 4 is 57.7 Å². The largest absolute Gasteiger partial charge is 1.00 e. The number of hydrogen-bond donors (Lipinski definition) is 3. The van der Waals surface area contributed by atoms with Gasteiger partial charge in [-0.2, -0.15) is 9.48 Å². The molecule has 1 aromatic heterocycles. The van der Waals surface area contributed by atoms with Crippen molar-refractivity contribution in [2.24, 2.45) is 5.16 Å². The van der Waals surface area contributed by atoms with Crippen molar-refractivity contribution < 1.29 is 72.1 Å². The lowest BCUT2D eigenvalue weighted by Gasteiger charge is -2.50. The van der Waals surface area contributed by atoms with E-state index in [1.807, 2.05) is 105 Å². The highest BCUT2D eigenvalue weighted by Crippen LogP contribution is 2.44. The van der Waals surface area contributed by atoms with Gasteiger partial charge in [0.2, 0.25) is 6.61 Å². The lowest BCUT2D eigenvalue weighted by atomic mass is 9.77. The second kappa shape index (κ2) is 19.9. The highest BCUT2D eigenvalue weighted by molar-refractivity contribution is 8.00. The van der Waals surface area contributed by atoms with Crippen LogP contribution in [0.25, 0.3) is 0 Å². The smallest absolute Gasteiger partial charge is 0.355 e. The van der Waals surface area contributed by atoms with E-state index >= 15 is 0 Å². The molecule has 8 rings (SSSR count). The number of carboxylic acids is 1. The fourth-order valence-electron chi connectivity index (χ4n) is 7.88. The van der Waals surface area contributed by atoms with Gasteiger partial charge in [-0.15, -0.1) is 23.1 Å². The number of halogens is 1. The molecule has 4 heterocycles. The predicted molar refractivity (Wildman–Crippen MR) is 236 cm³/mol. The molecule has 2 fully saturated rings. The van der Waals surface area contributed by atoms with E-state index in [2.05, 4.69) is 15.8 Å². The standard InChI is InChI=1S/C46H44N6O9S2.HI/c1-52(2)24-23-36(61-52)34-27-62-43-39(42(56)51(43)40(34)44(57)59-25-29-19-21-33(58-3)22-20-29)48-41(55)38(50-60-26-37(53)54)35-28-63-45(47-35)49-46(30-13-7-4-8-14-30,31-15-9-5-10-16-31)32-17-11-6-12-18-32;/h4-22,28,36,39,43H,23-27H2,1-3H3,(H2-,47,48,49,53,54,55);1H/b50-38-;/t36-,39?,43?;/m0./s1. The Labute approximate surface area is 395 Å². The summed E-state index contributed by atoms with van der Waals surface area (Å²) in [5, 5.41) is 21.1. The number of anilines is 1. The zero-order chi connectivity index (χ0) is 44.1. The van der Waals surface area contributed by atoms with Crippen LogP contribution in [-0.4, -0.2) is 107 Å². The molecule has 15 nitrogen and oxygen atoms in total. The van der Waals surface area contributed by atoms with Crippen LogP contribution in [0, 0.1) is 0 Å². The Hall–Kier alpha value is -5.80.